The van der Waals surface area contributed by atoms with E-state index in [-0.39, 0.29) is 5.75 Å². The first kappa shape index (κ1) is 10.2. The minimum absolute atomic E-state index is 0.0864. The van der Waals surface area contributed by atoms with Crippen LogP contribution >= 0.6 is 11.6 Å². The molecular formula is C13H8ClNO2. The second-order valence-electron chi connectivity index (χ2n) is 3.65. The molecule has 0 bridgehead atoms. The van der Waals surface area contributed by atoms with Gasteiger partial charge in [0.15, 0.2) is 11.3 Å². The molecule has 0 unspecified atom stereocenters. The molecule has 0 fully saturated rings. The number of hydrogen-bond donors (Lipinski definition) is 1. The number of aromatic hydroxyl groups is 1. The van der Waals surface area contributed by atoms with Gasteiger partial charge in [0, 0.05) is 10.6 Å². The van der Waals surface area contributed by atoms with Crippen LogP contribution in [0.3, 0.4) is 0 Å². The van der Waals surface area contributed by atoms with Gasteiger partial charge in [-0.05, 0) is 30.3 Å². The van der Waals surface area contributed by atoms with Crippen LogP contribution in [0.4, 0.5) is 0 Å². The fourth-order valence-electron chi connectivity index (χ4n) is 1.68. The van der Waals surface area contributed by atoms with Gasteiger partial charge in [-0.1, -0.05) is 23.7 Å². The Morgan fingerprint density at radius 1 is 1.12 bits per heavy atom. The molecule has 17 heavy (non-hydrogen) atoms. The number of fused-ring (bicyclic) bond motifs is 1. The summed E-state index contributed by atoms with van der Waals surface area (Å²) in [5.41, 5.74) is 1.80. The first-order chi connectivity index (χ1) is 8.24. The van der Waals surface area contributed by atoms with Gasteiger partial charge in [0.25, 0.3) is 0 Å². The van der Waals surface area contributed by atoms with E-state index in [4.69, 9.17) is 16.0 Å². The number of halogens is 1. The molecule has 0 saturated carbocycles. The molecule has 0 aliphatic carbocycles. The Balaban J connectivity index is 2.22. The molecule has 2 aromatic carbocycles. The highest BCUT2D eigenvalue weighted by Gasteiger charge is 2.10. The smallest absolute Gasteiger partial charge is 0.227 e. The molecule has 0 amide bonds. The molecule has 0 spiro atoms. The maximum Gasteiger partial charge on any atom is 0.227 e. The minimum atomic E-state index is 0.0864. The lowest BCUT2D eigenvalue weighted by atomic mass is 10.2. The molecule has 1 heterocycles. The van der Waals surface area contributed by atoms with Crippen molar-refractivity contribution in [1.82, 2.24) is 4.98 Å². The van der Waals surface area contributed by atoms with E-state index in [2.05, 4.69) is 4.98 Å². The van der Waals surface area contributed by atoms with Crippen molar-refractivity contribution in [2.24, 2.45) is 0 Å². The first-order valence-electron chi connectivity index (χ1n) is 5.08. The Bertz CT molecular complexity index is 691. The summed E-state index contributed by atoms with van der Waals surface area (Å²) in [7, 11) is 0. The summed E-state index contributed by atoms with van der Waals surface area (Å²) in [5.74, 6) is 0.535. The quantitative estimate of drug-likeness (QED) is 0.708. The van der Waals surface area contributed by atoms with E-state index < -0.39 is 0 Å². The van der Waals surface area contributed by atoms with Crippen LogP contribution in [0.5, 0.6) is 5.75 Å². The first-order valence-corrected chi connectivity index (χ1v) is 5.46. The molecule has 84 valence electrons. The van der Waals surface area contributed by atoms with E-state index in [1.807, 2.05) is 12.1 Å². The average Bonchev–Trinajstić information content (AvgIpc) is 2.74. The van der Waals surface area contributed by atoms with Crippen molar-refractivity contribution in [3.05, 3.63) is 47.5 Å². The van der Waals surface area contributed by atoms with Crippen molar-refractivity contribution in [2.75, 3.05) is 0 Å². The molecule has 4 heteroatoms. The second kappa shape index (κ2) is 3.79. The van der Waals surface area contributed by atoms with Gasteiger partial charge in [-0.3, -0.25) is 0 Å². The zero-order valence-electron chi connectivity index (χ0n) is 8.72. The highest BCUT2D eigenvalue weighted by molar-refractivity contribution is 6.30. The predicted molar refractivity (Wildman–Crippen MR) is 66.1 cm³/mol. The molecule has 0 aliphatic heterocycles. The number of oxazole rings is 1. The highest BCUT2D eigenvalue weighted by atomic mass is 35.5. The van der Waals surface area contributed by atoms with E-state index in [1.165, 1.54) is 0 Å². The van der Waals surface area contributed by atoms with Crippen LogP contribution < -0.4 is 0 Å². The third-order valence-electron chi connectivity index (χ3n) is 2.47. The summed E-state index contributed by atoms with van der Waals surface area (Å²) >= 11 is 5.91. The van der Waals surface area contributed by atoms with Gasteiger partial charge in [-0.15, -0.1) is 0 Å². The summed E-state index contributed by atoms with van der Waals surface area (Å²) in [6.45, 7) is 0. The van der Waals surface area contributed by atoms with Crippen LogP contribution in [0.2, 0.25) is 5.02 Å². The molecule has 0 radical (unpaired) electrons. The maximum atomic E-state index is 9.63. The zero-order chi connectivity index (χ0) is 11.8. The van der Waals surface area contributed by atoms with E-state index >= 15 is 0 Å². The average molecular weight is 246 g/mol. The number of benzene rings is 2. The molecule has 0 aliphatic rings. The summed E-state index contributed by atoms with van der Waals surface area (Å²) in [5, 5.41) is 10.2. The molecule has 0 saturated heterocycles. The van der Waals surface area contributed by atoms with Crippen LogP contribution in [0.15, 0.2) is 46.9 Å². The molecule has 1 aromatic heterocycles. The topological polar surface area (TPSA) is 46.3 Å². The van der Waals surface area contributed by atoms with Gasteiger partial charge in [0.1, 0.15) is 5.52 Å². The number of phenols is 1. The summed E-state index contributed by atoms with van der Waals surface area (Å²) in [6.07, 6.45) is 0. The number of aromatic nitrogens is 1. The fourth-order valence-corrected chi connectivity index (χ4v) is 1.87. The van der Waals surface area contributed by atoms with Crippen molar-refractivity contribution in [3.63, 3.8) is 0 Å². The lowest BCUT2D eigenvalue weighted by Crippen LogP contribution is -1.75. The molecule has 3 aromatic rings. The van der Waals surface area contributed by atoms with Gasteiger partial charge in [0.05, 0.1) is 0 Å². The SMILES string of the molecule is Oc1cccc2nc(-c3cccc(Cl)c3)oc12. The summed E-state index contributed by atoms with van der Waals surface area (Å²) in [4.78, 5) is 4.30. The van der Waals surface area contributed by atoms with Crippen molar-refractivity contribution < 1.29 is 9.52 Å². The Hall–Kier alpha value is -2.00. The summed E-state index contributed by atoms with van der Waals surface area (Å²) < 4.78 is 5.52. The molecule has 0 atom stereocenters. The summed E-state index contributed by atoms with van der Waals surface area (Å²) in [6, 6.07) is 12.3. The van der Waals surface area contributed by atoms with Crippen LogP contribution in [0, 0.1) is 0 Å². The zero-order valence-corrected chi connectivity index (χ0v) is 9.48. The lowest BCUT2D eigenvalue weighted by Gasteiger charge is -1.94. The van der Waals surface area contributed by atoms with E-state index in [9.17, 15) is 5.11 Å². The van der Waals surface area contributed by atoms with E-state index in [1.54, 1.807) is 30.3 Å². The Morgan fingerprint density at radius 2 is 1.94 bits per heavy atom. The molecule has 3 rings (SSSR count). The van der Waals surface area contributed by atoms with Gasteiger partial charge in [-0.2, -0.15) is 0 Å². The minimum Gasteiger partial charge on any atom is -0.504 e. The molecule has 1 N–H and O–H groups in total. The van der Waals surface area contributed by atoms with Gasteiger partial charge >= 0.3 is 0 Å². The normalized spacial score (nSPS) is 10.9. The van der Waals surface area contributed by atoms with Crippen molar-refractivity contribution >= 4 is 22.7 Å². The van der Waals surface area contributed by atoms with Crippen LogP contribution in [0.1, 0.15) is 0 Å². The van der Waals surface area contributed by atoms with Crippen molar-refractivity contribution in [2.45, 2.75) is 0 Å². The van der Waals surface area contributed by atoms with Gasteiger partial charge in [0.2, 0.25) is 5.89 Å². The van der Waals surface area contributed by atoms with Crippen molar-refractivity contribution in [3.8, 4) is 17.2 Å². The largest absolute Gasteiger partial charge is 0.504 e. The standard InChI is InChI=1S/C13H8ClNO2/c14-9-4-1-3-8(7-9)13-15-10-5-2-6-11(16)12(10)17-13/h1-7,16H. The van der Waals surface area contributed by atoms with Gasteiger partial charge in [-0.25, -0.2) is 4.98 Å². The highest BCUT2D eigenvalue weighted by Crippen LogP contribution is 2.30. The monoisotopic (exact) mass is 245 g/mol. The lowest BCUT2D eigenvalue weighted by molar-refractivity contribution is 0.466. The van der Waals surface area contributed by atoms with Crippen LogP contribution in [0.25, 0.3) is 22.6 Å². The molecule has 3 nitrogen and oxygen atoms in total. The Morgan fingerprint density at radius 3 is 2.71 bits per heavy atom. The number of nitrogens with zero attached hydrogens (tertiary/aromatic N) is 1. The van der Waals surface area contributed by atoms with Crippen LogP contribution in [-0.2, 0) is 0 Å². The van der Waals surface area contributed by atoms with Crippen molar-refractivity contribution in [1.29, 1.82) is 0 Å². The third kappa shape index (κ3) is 1.74. The molecular weight excluding hydrogens is 238 g/mol. The predicted octanol–water partition coefficient (Wildman–Crippen LogP) is 3.85. The second-order valence-corrected chi connectivity index (χ2v) is 4.09. The van der Waals surface area contributed by atoms with E-state index in [0.29, 0.717) is 22.0 Å². The van der Waals surface area contributed by atoms with Crippen LogP contribution in [-0.4, -0.2) is 10.1 Å². The van der Waals surface area contributed by atoms with E-state index in [0.717, 1.165) is 5.56 Å². The maximum absolute atomic E-state index is 9.63. The number of para-hydroxylation sites is 1. The number of hydrogen-bond acceptors (Lipinski definition) is 3. The van der Waals surface area contributed by atoms with Gasteiger partial charge < -0.3 is 9.52 Å². The third-order valence-corrected chi connectivity index (χ3v) is 2.70. The number of phenolic OH excluding ortho intramolecular Hbond substituents is 1. The Labute approximate surface area is 102 Å². The fraction of sp³-hybridized carbons (Fsp3) is 0. The number of rotatable bonds is 1. The Kier molecular flexibility index (Phi) is 2.27.